The Kier molecular flexibility index (Phi) is 5.54. The normalized spacial score (nSPS) is 13.2. The molecule has 0 spiro atoms. The average molecular weight is 384 g/mol. The van der Waals surface area contributed by atoms with Crippen LogP contribution in [0, 0.1) is 10.1 Å². The van der Waals surface area contributed by atoms with E-state index in [1.807, 2.05) is 0 Å². The number of nitrogens with one attached hydrogen (secondary N) is 1. The number of nitrogens with zero attached hydrogens (tertiary/aromatic N) is 1. The standard InChI is InChI=1S/C19H16N2O7/c1-12(19(23)20-14-4-2-3-5-15(14)21(24)25)28-18(22)9-7-13-6-8-16-17(10-13)27-11-26-16/h2-10,12H,11H2,1H3,(H,20,23)/b9-7+. The third kappa shape index (κ3) is 4.44. The molecule has 9 nitrogen and oxygen atoms in total. The Bertz CT molecular complexity index is 955. The molecular formula is C19H16N2O7. The van der Waals surface area contributed by atoms with Crippen LogP contribution >= 0.6 is 0 Å². The third-order valence-corrected chi connectivity index (χ3v) is 3.83. The number of nitro benzene ring substituents is 1. The van der Waals surface area contributed by atoms with Gasteiger partial charge in [0.15, 0.2) is 17.6 Å². The molecule has 0 aromatic heterocycles. The molecule has 1 N–H and O–H groups in total. The lowest BCUT2D eigenvalue weighted by Crippen LogP contribution is -2.29. The average Bonchev–Trinajstić information content (AvgIpc) is 3.14. The van der Waals surface area contributed by atoms with Crippen LogP contribution in [0.25, 0.3) is 6.08 Å². The van der Waals surface area contributed by atoms with E-state index in [1.165, 1.54) is 37.3 Å². The van der Waals surface area contributed by atoms with Crippen LogP contribution in [-0.4, -0.2) is 29.7 Å². The molecule has 1 amide bonds. The highest BCUT2D eigenvalue weighted by molar-refractivity contribution is 5.98. The van der Waals surface area contributed by atoms with E-state index in [1.54, 1.807) is 24.3 Å². The summed E-state index contributed by atoms with van der Waals surface area (Å²) >= 11 is 0. The van der Waals surface area contributed by atoms with Gasteiger partial charge in [-0.25, -0.2) is 4.79 Å². The van der Waals surface area contributed by atoms with Crippen LogP contribution in [0.15, 0.2) is 48.5 Å². The van der Waals surface area contributed by atoms with E-state index < -0.39 is 22.9 Å². The second-order valence-electron chi connectivity index (χ2n) is 5.79. The Labute approximate surface area is 159 Å². The van der Waals surface area contributed by atoms with Crippen molar-refractivity contribution in [2.75, 3.05) is 12.1 Å². The zero-order chi connectivity index (χ0) is 20.1. The van der Waals surface area contributed by atoms with Gasteiger partial charge in [0.05, 0.1) is 4.92 Å². The van der Waals surface area contributed by atoms with Crippen molar-refractivity contribution in [1.82, 2.24) is 0 Å². The van der Waals surface area contributed by atoms with Gasteiger partial charge in [-0.1, -0.05) is 18.2 Å². The maximum Gasteiger partial charge on any atom is 0.331 e. The number of hydrogen-bond acceptors (Lipinski definition) is 7. The van der Waals surface area contributed by atoms with E-state index in [0.717, 1.165) is 0 Å². The SMILES string of the molecule is CC(OC(=O)/C=C/c1ccc2c(c1)OCO2)C(=O)Nc1ccccc1[N+](=O)[O-]. The Morgan fingerprint density at radius 2 is 1.96 bits per heavy atom. The van der Waals surface area contributed by atoms with Crippen LogP contribution in [0.4, 0.5) is 11.4 Å². The van der Waals surface area contributed by atoms with Crippen LogP contribution in [0.1, 0.15) is 12.5 Å². The molecule has 1 heterocycles. The monoisotopic (exact) mass is 384 g/mol. The van der Waals surface area contributed by atoms with Crippen molar-refractivity contribution < 1.29 is 28.7 Å². The number of rotatable bonds is 6. The molecule has 0 radical (unpaired) electrons. The Balaban J connectivity index is 1.58. The zero-order valence-electron chi connectivity index (χ0n) is 14.8. The van der Waals surface area contributed by atoms with Crippen molar-refractivity contribution in [3.63, 3.8) is 0 Å². The molecule has 3 rings (SSSR count). The summed E-state index contributed by atoms with van der Waals surface area (Å²) in [6.45, 7) is 1.52. The summed E-state index contributed by atoms with van der Waals surface area (Å²) in [6.07, 6.45) is 1.54. The van der Waals surface area contributed by atoms with E-state index in [0.29, 0.717) is 17.1 Å². The first-order chi connectivity index (χ1) is 13.4. The number of amides is 1. The zero-order valence-corrected chi connectivity index (χ0v) is 14.8. The second-order valence-corrected chi connectivity index (χ2v) is 5.79. The fourth-order valence-electron chi connectivity index (χ4n) is 2.42. The van der Waals surface area contributed by atoms with Gasteiger partial charge < -0.3 is 19.5 Å². The van der Waals surface area contributed by atoms with Gasteiger partial charge in [-0.05, 0) is 36.8 Å². The molecule has 0 aliphatic carbocycles. The fourth-order valence-corrected chi connectivity index (χ4v) is 2.42. The van der Waals surface area contributed by atoms with Crippen molar-refractivity contribution in [3.8, 4) is 11.5 Å². The van der Waals surface area contributed by atoms with E-state index in [9.17, 15) is 19.7 Å². The number of para-hydroxylation sites is 2. The molecule has 1 atom stereocenters. The van der Waals surface area contributed by atoms with Gasteiger partial charge in [0.1, 0.15) is 5.69 Å². The highest BCUT2D eigenvalue weighted by atomic mass is 16.7. The van der Waals surface area contributed by atoms with Crippen molar-refractivity contribution in [2.45, 2.75) is 13.0 Å². The van der Waals surface area contributed by atoms with Gasteiger partial charge in [0.2, 0.25) is 6.79 Å². The lowest BCUT2D eigenvalue weighted by Gasteiger charge is -2.12. The van der Waals surface area contributed by atoms with Crippen molar-refractivity contribution in [3.05, 3.63) is 64.2 Å². The maximum atomic E-state index is 12.2. The van der Waals surface area contributed by atoms with Gasteiger partial charge >= 0.3 is 5.97 Å². The summed E-state index contributed by atoms with van der Waals surface area (Å²) in [4.78, 5) is 34.5. The largest absolute Gasteiger partial charge is 0.454 e. The first-order valence-electron chi connectivity index (χ1n) is 8.26. The van der Waals surface area contributed by atoms with E-state index in [4.69, 9.17) is 14.2 Å². The topological polar surface area (TPSA) is 117 Å². The molecule has 0 fully saturated rings. The number of carbonyl (C=O) groups excluding carboxylic acids is 2. The number of carbonyl (C=O) groups is 2. The minimum atomic E-state index is -1.14. The van der Waals surface area contributed by atoms with Crippen LogP contribution in [0.5, 0.6) is 11.5 Å². The summed E-state index contributed by atoms with van der Waals surface area (Å²) in [7, 11) is 0. The van der Waals surface area contributed by atoms with Gasteiger partial charge in [-0.3, -0.25) is 14.9 Å². The molecule has 1 aliphatic heterocycles. The molecule has 2 aromatic carbocycles. The van der Waals surface area contributed by atoms with Gasteiger partial charge in [-0.15, -0.1) is 0 Å². The lowest BCUT2D eigenvalue weighted by molar-refractivity contribution is -0.383. The summed E-state index contributed by atoms with van der Waals surface area (Å²) in [5, 5.41) is 13.4. The van der Waals surface area contributed by atoms with Crippen LogP contribution in [0.3, 0.4) is 0 Å². The molecule has 28 heavy (non-hydrogen) atoms. The molecule has 144 valence electrons. The van der Waals surface area contributed by atoms with Gasteiger partial charge in [-0.2, -0.15) is 0 Å². The minimum Gasteiger partial charge on any atom is -0.454 e. The number of fused-ring (bicyclic) bond motifs is 1. The predicted molar refractivity (Wildman–Crippen MR) is 98.9 cm³/mol. The Hall–Kier alpha value is -3.88. The number of esters is 1. The van der Waals surface area contributed by atoms with Crippen LogP contribution < -0.4 is 14.8 Å². The highest BCUT2D eigenvalue weighted by Gasteiger charge is 2.21. The molecule has 9 heteroatoms. The molecule has 0 bridgehead atoms. The van der Waals surface area contributed by atoms with Gasteiger partial charge in [0.25, 0.3) is 11.6 Å². The lowest BCUT2D eigenvalue weighted by atomic mass is 10.2. The van der Waals surface area contributed by atoms with Crippen molar-refractivity contribution in [2.24, 2.45) is 0 Å². The van der Waals surface area contributed by atoms with Crippen molar-refractivity contribution >= 4 is 29.3 Å². The smallest absolute Gasteiger partial charge is 0.331 e. The van der Waals surface area contributed by atoms with E-state index in [-0.39, 0.29) is 18.2 Å². The second kappa shape index (κ2) is 8.21. The first-order valence-corrected chi connectivity index (χ1v) is 8.26. The number of hydrogen-bond donors (Lipinski definition) is 1. The fraction of sp³-hybridized carbons (Fsp3) is 0.158. The predicted octanol–water partition coefficient (Wildman–Crippen LogP) is 2.91. The van der Waals surface area contributed by atoms with E-state index >= 15 is 0 Å². The third-order valence-electron chi connectivity index (χ3n) is 3.83. The van der Waals surface area contributed by atoms with E-state index in [2.05, 4.69) is 5.32 Å². The van der Waals surface area contributed by atoms with Crippen molar-refractivity contribution in [1.29, 1.82) is 0 Å². The number of benzene rings is 2. The summed E-state index contributed by atoms with van der Waals surface area (Å²) in [5.41, 5.74) is 0.464. The summed E-state index contributed by atoms with van der Waals surface area (Å²) in [5.74, 6) is -0.213. The molecule has 1 aliphatic rings. The number of anilines is 1. The Morgan fingerprint density at radius 1 is 1.21 bits per heavy atom. The minimum absolute atomic E-state index is 0.0244. The Morgan fingerprint density at radius 3 is 2.75 bits per heavy atom. The van der Waals surface area contributed by atoms with Crippen LogP contribution in [0.2, 0.25) is 0 Å². The quantitative estimate of drug-likeness (QED) is 0.352. The number of nitro groups is 1. The first kappa shape index (κ1) is 18.9. The molecule has 1 unspecified atom stereocenters. The highest BCUT2D eigenvalue weighted by Crippen LogP contribution is 2.32. The number of ether oxygens (including phenoxy) is 3. The molecule has 2 aromatic rings. The van der Waals surface area contributed by atoms with Gasteiger partial charge in [0, 0.05) is 12.1 Å². The molecule has 0 saturated carbocycles. The molecule has 0 saturated heterocycles. The molecular weight excluding hydrogens is 368 g/mol. The summed E-state index contributed by atoms with van der Waals surface area (Å²) < 4.78 is 15.5. The van der Waals surface area contributed by atoms with Crippen LogP contribution in [-0.2, 0) is 14.3 Å². The maximum absolute atomic E-state index is 12.2. The summed E-state index contributed by atoms with van der Waals surface area (Å²) in [6, 6.07) is 10.9.